The van der Waals surface area contributed by atoms with Crippen molar-refractivity contribution in [3.05, 3.63) is 17.0 Å². The molecule has 2 N–H and O–H groups in total. The molecule has 4 rings (SSSR count). The maximum atomic E-state index is 13.3. The summed E-state index contributed by atoms with van der Waals surface area (Å²) in [4.78, 5) is 15.2. The molecule has 3 fully saturated rings. The number of hydrogen-bond donors (Lipinski definition) is 2. The Labute approximate surface area is 147 Å². The van der Waals surface area contributed by atoms with Gasteiger partial charge >= 0.3 is 0 Å². The van der Waals surface area contributed by atoms with Gasteiger partial charge in [0.25, 0.3) is 5.91 Å². The number of amides is 1. The molecule has 4 atom stereocenters. The number of piperidine rings is 1. The lowest BCUT2D eigenvalue weighted by Crippen LogP contribution is -2.68. The Morgan fingerprint density at radius 2 is 2.20 bits per heavy atom. The van der Waals surface area contributed by atoms with Crippen molar-refractivity contribution in [1.29, 1.82) is 0 Å². The molecule has 7 nitrogen and oxygen atoms in total. The van der Waals surface area contributed by atoms with Crippen LogP contribution >= 0.6 is 0 Å². The number of likely N-dealkylation sites (tertiary alicyclic amines) is 1. The first-order valence-electron chi connectivity index (χ1n) is 9.29. The minimum absolute atomic E-state index is 0.00164. The second kappa shape index (κ2) is 6.37. The fourth-order valence-electron chi connectivity index (χ4n) is 4.81. The number of aliphatic hydroxyl groups is 1. The van der Waals surface area contributed by atoms with E-state index in [2.05, 4.69) is 10.2 Å². The van der Waals surface area contributed by atoms with E-state index in [1.807, 2.05) is 18.7 Å². The molecule has 0 aromatic carbocycles. The Morgan fingerprint density at radius 1 is 1.40 bits per heavy atom. The molecule has 1 aromatic rings. The van der Waals surface area contributed by atoms with Crippen molar-refractivity contribution in [3.63, 3.8) is 0 Å². The number of aryl methyl sites for hydroxylation is 1. The van der Waals surface area contributed by atoms with Gasteiger partial charge in [-0.15, -0.1) is 0 Å². The number of H-pyrrole nitrogens is 1. The molecule has 7 heteroatoms. The van der Waals surface area contributed by atoms with Crippen LogP contribution in [0.4, 0.5) is 0 Å². The lowest BCUT2D eigenvalue weighted by atomic mass is 9.66. The van der Waals surface area contributed by atoms with Crippen LogP contribution in [0.25, 0.3) is 0 Å². The van der Waals surface area contributed by atoms with Crippen LogP contribution in [0.3, 0.4) is 0 Å². The van der Waals surface area contributed by atoms with E-state index in [0.29, 0.717) is 45.1 Å². The van der Waals surface area contributed by atoms with Gasteiger partial charge in [-0.05, 0) is 19.8 Å². The minimum atomic E-state index is -0.796. The molecule has 4 heterocycles. The fraction of sp³-hybridized carbons (Fsp3) is 0.778. The molecule has 0 unspecified atom stereocenters. The van der Waals surface area contributed by atoms with Crippen LogP contribution in [0.1, 0.15) is 41.5 Å². The second-order valence-electron chi connectivity index (χ2n) is 7.54. The first-order valence-corrected chi connectivity index (χ1v) is 9.29. The molecular formula is C18H27N3O4. The fourth-order valence-corrected chi connectivity index (χ4v) is 4.81. The number of carbonyl (C=O) groups excluding carboxylic acids is 1. The number of carbonyl (C=O) groups is 1. The summed E-state index contributed by atoms with van der Waals surface area (Å²) in [5.74, 6) is -0.172. The SMILES string of the molecule is CCc1[nH]nc(C(=O)N2C[C@H]3COCC[C@@]3(O)[C@@H]3COCC[C@@H]32)c1C. The maximum Gasteiger partial charge on any atom is 0.274 e. The molecule has 1 amide bonds. The third-order valence-corrected chi connectivity index (χ3v) is 6.38. The largest absolute Gasteiger partial charge is 0.389 e. The zero-order chi connectivity index (χ0) is 17.6. The van der Waals surface area contributed by atoms with Gasteiger partial charge in [-0.1, -0.05) is 6.92 Å². The summed E-state index contributed by atoms with van der Waals surface area (Å²) in [6.07, 6.45) is 2.20. The van der Waals surface area contributed by atoms with Gasteiger partial charge in [-0.25, -0.2) is 0 Å². The molecule has 0 spiro atoms. The first-order chi connectivity index (χ1) is 12.1. The quantitative estimate of drug-likeness (QED) is 0.829. The number of aromatic amines is 1. The lowest BCUT2D eigenvalue weighted by molar-refractivity contribution is -0.212. The third kappa shape index (κ3) is 2.60. The van der Waals surface area contributed by atoms with Gasteiger partial charge in [-0.3, -0.25) is 9.89 Å². The number of fused-ring (bicyclic) bond motifs is 3. The van der Waals surface area contributed by atoms with Crippen LogP contribution in [-0.4, -0.2) is 70.7 Å². The van der Waals surface area contributed by atoms with E-state index in [0.717, 1.165) is 24.1 Å². The molecule has 0 saturated carbocycles. The average Bonchev–Trinajstić information content (AvgIpc) is 3.01. The molecule has 1 aromatic heterocycles. The smallest absolute Gasteiger partial charge is 0.274 e. The Hall–Kier alpha value is -1.44. The van der Waals surface area contributed by atoms with Crippen molar-refractivity contribution >= 4 is 5.91 Å². The molecule has 138 valence electrons. The normalized spacial score (nSPS) is 35.2. The summed E-state index contributed by atoms with van der Waals surface area (Å²) in [5, 5.41) is 18.6. The van der Waals surface area contributed by atoms with Crippen LogP contribution in [-0.2, 0) is 15.9 Å². The summed E-state index contributed by atoms with van der Waals surface area (Å²) in [5.41, 5.74) is 1.64. The van der Waals surface area contributed by atoms with Crippen LogP contribution in [0.5, 0.6) is 0 Å². The van der Waals surface area contributed by atoms with Gasteiger partial charge in [-0.2, -0.15) is 5.10 Å². The highest BCUT2D eigenvalue weighted by molar-refractivity contribution is 5.94. The minimum Gasteiger partial charge on any atom is -0.389 e. The van der Waals surface area contributed by atoms with Crippen LogP contribution in [0.15, 0.2) is 0 Å². The highest BCUT2D eigenvalue weighted by atomic mass is 16.5. The lowest BCUT2D eigenvalue weighted by Gasteiger charge is -2.57. The summed E-state index contributed by atoms with van der Waals surface area (Å²) in [7, 11) is 0. The summed E-state index contributed by atoms with van der Waals surface area (Å²) in [6.45, 7) is 6.70. The Balaban J connectivity index is 1.66. The third-order valence-electron chi connectivity index (χ3n) is 6.38. The van der Waals surface area contributed by atoms with E-state index >= 15 is 0 Å². The topological polar surface area (TPSA) is 87.7 Å². The number of nitrogens with one attached hydrogen (secondary N) is 1. The van der Waals surface area contributed by atoms with Crippen molar-refractivity contribution in [2.45, 2.75) is 44.8 Å². The van der Waals surface area contributed by atoms with Gasteiger partial charge in [0.2, 0.25) is 0 Å². The molecule has 3 aliphatic rings. The monoisotopic (exact) mass is 349 g/mol. The van der Waals surface area contributed by atoms with Gasteiger partial charge in [0, 0.05) is 55.3 Å². The number of aromatic nitrogens is 2. The molecule has 0 radical (unpaired) electrons. The number of ether oxygens (including phenoxy) is 2. The Morgan fingerprint density at radius 3 is 2.96 bits per heavy atom. The highest BCUT2D eigenvalue weighted by Crippen LogP contribution is 2.44. The van der Waals surface area contributed by atoms with Crippen LogP contribution in [0, 0.1) is 18.8 Å². The predicted molar refractivity (Wildman–Crippen MR) is 90.3 cm³/mol. The molecular weight excluding hydrogens is 322 g/mol. The van der Waals surface area contributed by atoms with Crippen LogP contribution in [0.2, 0.25) is 0 Å². The van der Waals surface area contributed by atoms with Crippen LogP contribution < -0.4 is 0 Å². The van der Waals surface area contributed by atoms with E-state index < -0.39 is 5.60 Å². The molecule has 3 aliphatic heterocycles. The van der Waals surface area contributed by atoms with E-state index in [4.69, 9.17) is 9.47 Å². The van der Waals surface area contributed by atoms with Gasteiger partial charge in [0.15, 0.2) is 5.69 Å². The van der Waals surface area contributed by atoms with E-state index in [1.54, 1.807) is 0 Å². The predicted octanol–water partition coefficient (Wildman–Crippen LogP) is 0.909. The van der Waals surface area contributed by atoms with E-state index in [-0.39, 0.29) is 23.8 Å². The molecule has 25 heavy (non-hydrogen) atoms. The molecule has 0 bridgehead atoms. The van der Waals surface area contributed by atoms with Crippen molar-refractivity contribution in [1.82, 2.24) is 15.1 Å². The summed E-state index contributed by atoms with van der Waals surface area (Å²) >= 11 is 0. The van der Waals surface area contributed by atoms with E-state index in [1.165, 1.54) is 0 Å². The molecule has 0 aliphatic carbocycles. The van der Waals surface area contributed by atoms with Gasteiger partial charge in [0.1, 0.15) is 0 Å². The highest BCUT2D eigenvalue weighted by Gasteiger charge is 2.56. The zero-order valence-electron chi connectivity index (χ0n) is 15.0. The Kier molecular flexibility index (Phi) is 4.33. The van der Waals surface area contributed by atoms with Crippen molar-refractivity contribution in [2.75, 3.05) is 33.0 Å². The zero-order valence-corrected chi connectivity index (χ0v) is 15.0. The summed E-state index contributed by atoms with van der Waals surface area (Å²) in [6, 6.07) is 0.00164. The first kappa shape index (κ1) is 17.0. The molecule has 3 saturated heterocycles. The van der Waals surface area contributed by atoms with Gasteiger partial charge < -0.3 is 19.5 Å². The van der Waals surface area contributed by atoms with Gasteiger partial charge in [0.05, 0.1) is 18.8 Å². The maximum absolute atomic E-state index is 13.3. The number of hydrogen-bond acceptors (Lipinski definition) is 5. The summed E-state index contributed by atoms with van der Waals surface area (Å²) < 4.78 is 11.3. The number of rotatable bonds is 2. The van der Waals surface area contributed by atoms with Crippen molar-refractivity contribution < 1.29 is 19.4 Å². The number of nitrogens with zero attached hydrogens (tertiary/aromatic N) is 2. The van der Waals surface area contributed by atoms with Crippen molar-refractivity contribution in [3.8, 4) is 0 Å². The average molecular weight is 349 g/mol. The second-order valence-corrected chi connectivity index (χ2v) is 7.54. The standard InChI is InChI=1S/C18H27N3O4/c1-3-14-11(2)16(20-19-14)17(22)21-8-12-9-25-7-5-18(12,23)13-10-24-6-4-15(13)21/h12-13,15,23H,3-10H2,1-2H3,(H,19,20)/t12-,13+,15-,18-/m0/s1. The van der Waals surface area contributed by atoms with Crippen molar-refractivity contribution in [2.24, 2.45) is 11.8 Å². The Bertz CT molecular complexity index is 661. The van der Waals surface area contributed by atoms with E-state index in [9.17, 15) is 9.90 Å².